The van der Waals surface area contributed by atoms with Gasteiger partial charge in [-0.1, -0.05) is 29.7 Å². The quantitative estimate of drug-likeness (QED) is 0.374. The summed E-state index contributed by atoms with van der Waals surface area (Å²) in [5.74, 6) is -0.294. The van der Waals surface area contributed by atoms with Crippen molar-refractivity contribution in [2.45, 2.75) is 13.5 Å². The van der Waals surface area contributed by atoms with Crippen molar-refractivity contribution in [2.24, 2.45) is 16.8 Å². The number of amidine groups is 1. The van der Waals surface area contributed by atoms with E-state index in [0.717, 1.165) is 0 Å². The number of rotatable bonds is 5. The van der Waals surface area contributed by atoms with Crippen LogP contribution in [-0.2, 0) is 6.54 Å². The fourth-order valence-electron chi connectivity index (χ4n) is 1.68. The summed E-state index contributed by atoms with van der Waals surface area (Å²) in [5, 5.41) is 11.9. The first-order valence-corrected chi connectivity index (χ1v) is 5.92. The maximum Gasteiger partial charge on any atom is 0.143 e. The highest BCUT2D eigenvalue weighted by Crippen LogP contribution is 2.20. The van der Waals surface area contributed by atoms with Crippen molar-refractivity contribution in [3.05, 3.63) is 34.6 Å². The minimum absolute atomic E-state index is 0.120. The van der Waals surface area contributed by atoms with Crippen LogP contribution in [0.2, 0.25) is 5.02 Å². The lowest BCUT2D eigenvalue weighted by Crippen LogP contribution is -2.32. The standard InChI is InChI=1S/C12H17ClFN3O/c1-8(12(15)16-18)6-17(2)7-9-10(13)4-3-5-11(9)14/h3-5,8,18H,6-7H2,1-2H3,(H2,15,16). The Kier molecular flexibility index (Phi) is 5.37. The van der Waals surface area contributed by atoms with Crippen LogP contribution >= 0.6 is 11.6 Å². The van der Waals surface area contributed by atoms with E-state index in [0.29, 0.717) is 23.7 Å². The van der Waals surface area contributed by atoms with E-state index in [4.69, 9.17) is 22.5 Å². The van der Waals surface area contributed by atoms with E-state index in [1.165, 1.54) is 6.07 Å². The van der Waals surface area contributed by atoms with E-state index in [-0.39, 0.29) is 17.6 Å². The van der Waals surface area contributed by atoms with Crippen LogP contribution in [0.5, 0.6) is 0 Å². The molecule has 0 fully saturated rings. The third kappa shape index (κ3) is 3.85. The van der Waals surface area contributed by atoms with Gasteiger partial charge in [0, 0.05) is 29.6 Å². The van der Waals surface area contributed by atoms with Gasteiger partial charge in [-0.05, 0) is 19.2 Å². The molecule has 1 aromatic rings. The second-order valence-corrected chi connectivity index (χ2v) is 4.73. The van der Waals surface area contributed by atoms with Gasteiger partial charge in [0.25, 0.3) is 0 Å². The minimum atomic E-state index is -0.328. The summed E-state index contributed by atoms with van der Waals surface area (Å²) in [5.41, 5.74) is 5.94. The molecule has 4 nitrogen and oxygen atoms in total. The average molecular weight is 274 g/mol. The first-order chi connectivity index (χ1) is 8.45. The lowest BCUT2D eigenvalue weighted by molar-refractivity contribution is 0.288. The molecule has 0 radical (unpaired) electrons. The Morgan fingerprint density at radius 3 is 2.83 bits per heavy atom. The SMILES string of the molecule is CC(CN(C)Cc1c(F)cccc1Cl)C(N)=NO. The summed E-state index contributed by atoms with van der Waals surface area (Å²) in [4.78, 5) is 1.87. The highest BCUT2D eigenvalue weighted by molar-refractivity contribution is 6.31. The maximum absolute atomic E-state index is 13.6. The Morgan fingerprint density at radius 1 is 1.61 bits per heavy atom. The van der Waals surface area contributed by atoms with Crippen molar-refractivity contribution in [2.75, 3.05) is 13.6 Å². The van der Waals surface area contributed by atoms with Crippen molar-refractivity contribution in [3.8, 4) is 0 Å². The number of nitrogens with two attached hydrogens (primary N) is 1. The van der Waals surface area contributed by atoms with Crippen LogP contribution in [0.15, 0.2) is 23.4 Å². The third-order valence-electron chi connectivity index (χ3n) is 2.70. The predicted molar refractivity (Wildman–Crippen MR) is 70.3 cm³/mol. The summed E-state index contributed by atoms with van der Waals surface area (Å²) in [6, 6.07) is 4.60. The Bertz CT molecular complexity index is 419. The molecular weight excluding hydrogens is 257 g/mol. The monoisotopic (exact) mass is 273 g/mol. The van der Waals surface area contributed by atoms with Gasteiger partial charge < -0.3 is 15.8 Å². The van der Waals surface area contributed by atoms with Crippen LogP contribution in [0.3, 0.4) is 0 Å². The van der Waals surface area contributed by atoms with Gasteiger partial charge in [-0.15, -0.1) is 0 Å². The lowest BCUT2D eigenvalue weighted by Gasteiger charge is -2.21. The molecule has 0 saturated carbocycles. The fourth-order valence-corrected chi connectivity index (χ4v) is 1.90. The maximum atomic E-state index is 13.6. The third-order valence-corrected chi connectivity index (χ3v) is 3.05. The van der Waals surface area contributed by atoms with E-state index in [1.54, 1.807) is 12.1 Å². The van der Waals surface area contributed by atoms with Gasteiger partial charge >= 0.3 is 0 Å². The summed E-state index contributed by atoms with van der Waals surface area (Å²) >= 11 is 5.94. The molecule has 1 rings (SSSR count). The smallest absolute Gasteiger partial charge is 0.143 e. The number of halogens is 2. The van der Waals surface area contributed by atoms with Crippen LogP contribution in [0, 0.1) is 11.7 Å². The Balaban J connectivity index is 2.68. The Morgan fingerprint density at radius 2 is 2.28 bits per heavy atom. The lowest BCUT2D eigenvalue weighted by atomic mass is 10.1. The molecule has 3 N–H and O–H groups in total. The van der Waals surface area contributed by atoms with Gasteiger partial charge in [0.1, 0.15) is 11.7 Å². The molecule has 6 heteroatoms. The van der Waals surface area contributed by atoms with Crippen molar-refractivity contribution < 1.29 is 9.60 Å². The molecule has 0 aromatic heterocycles. The van der Waals surface area contributed by atoms with E-state index >= 15 is 0 Å². The van der Waals surface area contributed by atoms with Crippen molar-refractivity contribution in [1.82, 2.24) is 4.90 Å². The van der Waals surface area contributed by atoms with Gasteiger partial charge in [0.2, 0.25) is 0 Å². The minimum Gasteiger partial charge on any atom is -0.409 e. The molecule has 0 amide bonds. The Labute approximate surface area is 111 Å². The van der Waals surface area contributed by atoms with Gasteiger partial charge in [-0.25, -0.2) is 4.39 Å². The predicted octanol–water partition coefficient (Wildman–Crippen LogP) is 2.29. The molecule has 1 atom stereocenters. The van der Waals surface area contributed by atoms with Gasteiger partial charge in [-0.3, -0.25) is 0 Å². The van der Waals surface area contributed by atoms with E-state index in [9.17, 15) is 4.39 Å². The normalized spacial score (nSPS) is 13.9. The summed E-state index contributed by atoms with van der Waals surface area (Å²) in [6.07, 6.45) is 0. The van der Waals surface area contributed by atoms with Gasteiger partial charge in [0.05, 0.1) is 0 Å². The average Bonchev–Trinajstić information content (AvgIpc) is 2.32. The fraction of sp³-hybridized carbons (Fsp3) is 0.417. The molecule has 0 spiro atoms. The highest BCUT2D eigenvalue weighted by Gasteiger charge is 2.14. The van der Waals surface area contributed by atoms with Crippen LogP contribution < -0.4 is 5.73 Å². The van der Waals surface area contributed by atoms with E-state index in [1.807, 2.05) is 18.9 Å². The molecule has 0 saturated heterocycles. The van der Waals surface area contributed by atoms with Crippen LogP contribution in [0.4, 0.5) is 4.39 Å². The largest absolute Gasteiger partial charge is 0.409 e. The number of hydrogen-bond acceptors (Lipinski definition) is 3. The topological polar surface area (TPSA) is 61.8 Å². The zero-order valence-electron chi connectivity index (χ0n) is 10.4. The number of hydrogen-bond donors (Lipinski definition) is 2. The highest BCUT2D eigenvalue weighted by atomic mass is 35.5. The van der Waals surface area contributed by atoms with E-state index in [2.05, 4.69) is 5.16 Å². The molecule has 0 bridgehead atoms. The van der Waals surface area contributed by atoms with Crippen molar-refractivity contribution in [1.29, 1.82) is 0 Å². The first kappa shape index (κ1) is 14.7. The van der Waals surface area contributed by atoms with Crippen LogP contribution in [0.1, 0.15) is 12.5 Å². The first-order valence-electron chi connectivity index (χ1n) is 5.54. The van der Waals surface area contributed by atoms with Crippen LogP contribution in [-0.4, -0.2) is 29.5 Å². The van der Waals surface area contributed by atoms with Crippen molar-refractivity contribution in [3.63, 3.8) is 0 Å². The molecule has 1 unspecified atom stereocenters. The summed E-state index contributed by atoms with van der Waals surface area (Å²) < 4.78 is 13.6. The molecule has 0 heterocycles. The molecule has 100 valence electrons. The molecule has 0 aliphatic heterocycles. The number of oxime groups is 1. The number of benzene rings is 1. The van der Waals surface area contributed by atoms with Crippen molar-refractivity contribution >= 4 is 17.4 Å². The molecular formula is C12H17ClFN3O. The van der Waals surface area contributed by atoms with Gasteiger partial charge in [-0.2, -0.15) is 0 Å². The van der Waals surface area contributed by atoms with E-state index < -0.39 is 0 Å². The Hall–Kier alpha value is -1.33. The van der Waals surface area contributed by atoms with Gasteiger partial charge in [0.15, 0.2) is 0 Å². The molecule has 0 aliphatic carbocycles. The molecule has 0 aliphatic rings. The second kappa shape index (κ2) is 6.56. The molecule has 18 heavy (non-hydrogen) atoms. The summed E-state index contributed by atoms with van der Waals surface area (Å²) in [6.45, 7) is 2.74. The van der Waals surface area contributed by atoms with Crippen LogP contribution in [0.25, 0.3) is 0 Å². The summed E-state index contributed by atoms with van der Waals surface area (Å²) in [7, 11) is 1.82. The molecule has 1 aromatic carbocycles. The number of nitrogens with zero attached hydrogens (tertiary/aromatic N) is 2. The zero-order valence-corrected chi connectivity index (χ0v) is 11.2. The second-order valence-electron chi connectivity index (χ2n) is 4.32. The zero-order chi connectivity index (χ0) is 13.7.